The van der Waals surface area contributed by atoms with Crippen molar-refractivity contribution < 1.29 is 9.53 Å². The van der Waals surface area contributed by atoms with Gasteiger partial charge in [-0.1, -0.05) is 47.1 Å². The number of nitrogens with zero attached hydrogens (tertiary/aromatic N) is 2. The Morgan fingerprint density at radius 3 is 2.83 bits per heavy atom. The molecule has 0 radical (unpaired) electrons. The van der Waals surface area contributed by atoms with E-state index in [1.165, 1.54) is 11.8 Å². The van der Waals surface area contributed by atoms with Crippen LogP contribution in [0.4, 0.5) is 5.69 Å². The molecule has 9 heteroatoms. The number of methoxy groups -OCH3 is 1. The Labute approximate surface area is 182 Å². The minimum absolute atomic E-state index is 0.0674. The van der Waals surface area contributed by atoms with Gasteiger partial charge in [0.25, 0.3) is 5.56 Å². The van der Waals surface area contributed by atoms with Crippen LogP contribution in [0.5, 0.6) is 0 Å². The lowest BCUT2D eigenvalue weighted by Crippen LogP contribution is -2.25. The number of aromatic nitrogens is 2. The van der Waals surface area contributed by atoms with E-state index in [1.54, 1.807) is 48.1 Å². The first-order valence-corrected chi connectivity index (χ1v) is 10.6. The Kier molecular flexibility index (Phi) is 7.55. The fourth-order valence-electron chi connectivity index (χ4n) is 2.73. The fraction of sp³-hybridized carbons (Fsp3) is 0.250. The van der Waals surface area contributed by atoms with Gasteiger partial charge in [-0.2, -0.15) is 0 Å². The number of carbonyl (C=O) groups is 1. The van der Waals surface area contributed by atoms with Crippen molar-refractivity contribution in [2.75, 3.05) is 24.8 Å². The van der Waals surface area contributed by atoms with Gasteiger partial charge in [-0.3, -0.25) is 14.2 Å². The third kappa shape index (κ3) is 5.51. The molecule has 3 aromatic rings. The van der Waals surface area contributed by atoms with E-state index in [9.17, 15) is 9.59 Å². The molecule has 1 N–H and O–H groups in total. The average molecular weight is 452 g/mol. The van der Waals surface area contributed by atoms with Gasteiger partial charge < -0.3 is 10.1 Å². The maximum absolute atomic E-state index is 12.9. The minimum atomic E-state index is -0.273. The van der Waals surface area contributed by atoms with Crippen molar-refractivity contribution in [3.8, 4) is 0 Å². The number of rotatable bonds is 8. The molecule has 0 spiro atoms. The summed E-state index contributed by atoms with van der Waals surface area (Å²) >= 11 is 13.2. The first kappa shape index (κ1) is 21.6. The van der Waals surface area contributed by atoms with Crippen LogP contribution in [0.2, 0.25) is 10.0 Å². The third-order valence-corrected chi connectivity index (χ3v) is 5.63. The molecule has 2 aromatic carbocycles. The number of hydrogen-bond donors (Lipinski definition) is 1. The van der Waals surface area contributed by atoms with Crippen molar-refractivity contribution in [1.29, 1.82) is 0 Å². The summed E-state index contributed by atoms with van der Waals surface area (Å²) in [6.45, 7) is 0.978. The maximum Gasteiger partial charge on any atom is 0.262 e. The maximum atomic E-state index is 12.9. The summed E-state index contributed by atoms with van der Waals surface area (Å²) in [6.07, 6.45) is 0.661. The summed E-state index contributed by atoms with van der Waals surface area (Å²) in [5, 5.41) is 4.63. The van der Waals surface area contributed by atoms with Gasteiger partial charge in [0.05, 0.1) is 27.4 Å². The van der Waals surface area contributed by atoms with Crippen LogP contribution in [0.3, 0.4) is 0 Å². The SMILES string of the molecule is COCCCn1c(SCC(=O)Nc2cc(Cl)ccc2Cl)nc2ccccc2c1=O. The Bertz CT molecular complexity index is 1090. The second-order valence-electron chi connectivity index (χ2n) is 6.18. The molecule has 0 unspecified atom stereocenters. The number of amides is 1. The van der Waals surface area contributed by atoms with Crippen molar-refractivity contribution in [2.45, 2.75) is 18.1 Å². The number of benzene rings is 2. The van der Waals surface area contributed by atoms with E-state index in [0.717, 1.165) is 0 Å². The normalized spacial score (nSPS) is 11.0. The average Bonchev–Trinajstić information content (AvgIpc) is 2.71. The van der Waals surface area contributed by atoms with Gasteiger partial charge in [-0.05, 0) is 36.8 Å². The number of para-hydroxylation sites is 1. The van der Waals surface area contributed by atoms with E-state index in [-0.39, 0.29) is 17.2 Å². The number of ether oxygens (including phenoxy) is 1. The monoisotopic (exact) mass is 451 g/mol. The van der Waals surface area contributed by atoms with Crippen molar-refractivity contribution in [3.05, 3.63) is 62.9 Å². The van der Waals surface area contributed by atoms with E-state index in [4.69, 9.17) is 27.9 Å². The summed E-state index contributed by atoms with van der Waals surface area (Å²) in [4.78, 5) is 29.9. The number of hydrogen-bond acceptors (Lipinski definition) is 5. The molecule has 0 saturated carbocycles. The van der Waals surface area contributed by atoms with Gasteiger partial charge in [0.2, 0.25) is 5.91 Å². The number of nitrogens with one attached hydrogen (secondary N) is 1. The Morgan fingerprint density at radius 1 is 1.24 bits per heavy atom. The van der Waals surface area contributed by atoms with Crippen molar-refractivity contribution in [1.82, 2.24) is 9.55 Å². The van der Waals surface area contributed by atoms with Crippen LogP contribution in [0.15, 0.2) is 52.4 Å². The van der Waals surface area contributed by atoms with Crippen molar-refractivity contribution >= 4 is 57.5 Å². The van der Waals surface area contributed by atoms with Gasteiger partial charge in [0.15, 0.2) is 5.16 Å². The second kappa shape index (κ2) is 10.1. The number of anilines is 1. The first-order valence-electron chi connectivity index (χ1n) is 8.86. The van der Waals surface area contributed by atoms with Crippen LogP contribution in [-0.4, -0.2) is 34.9 Å². The van der Waals surface area contributed by atoms with Gasteiger partial charge in [-0.15, -0.1) is 0 Å². The molecule has 0 saturated heterocycles. The van der Waals surface area contributed by atoms with Gasteiger partial charge in [0.1, 0.15) is 0 Å². The fourth-order valence-corrected chi connectivity index (χ4v) is 3.89. The largest absolute Gasteiger partial charge is 0.385 e. The molecule has 1 aromatic heterocycles. The van der Waals surface area contributed by atoms with Crippen LogP contribution in [-0.2, 0) is 16.1 Å². The molecular weight excluding hydrogens is 433 g/mol. The van der Waals surface area contributed by atoms with Crippen LogP contribution in [0.25, 0.3) is 10.9 Å². The molecule has 1 heterocycles. The molecule has 1 amide bonds. The van der Waals surface area contributed by atoms with E-state index in [1.807, 2.05) is 6.07 Å². The Balaban J connectivity index is 1.80. The number of halogens is 2. The summed E-state index contributed by atoms with van der Waals surface area (Å²) < 4.78 is 6.68. The smallest absolute Gasteiger partial charge is 0.262 e. The number of fused-ring (bicyclic) bond motifs is 1. The highest BCUT2D eigenvalue weighted by molar-refractivity contribution is 7.99. The zero-order valence-corrected chi connectivity index (χ0v) is 18.0. The molecular formula is C20H19Cl2N3O3S. The Hall–Kier alpha value is -2.06. The molecule has 29 heavy (non-hydrogen) atoms. The third-order valence-electron chi connectivity index (χ3n) is 4.09. The summed E-state index contributed by atoms with van der Waals surface area (Å²) in [7, 11) is 1.61. The summed E-state index contributed by atoms with van der Waals surface area (Å²) in [5.41, 5.74) is 0.905. The highest BCUT2D eigenvalue weighted by atomic mass is 35.5. The molecule has 0 bridgehead atoms. The predicted molar refractivity (Wildman–Crippen MR) is 118 cm³/mol. The lowest BCUT2D eigenvalue weighted by Gasteiger charge is -2.13. The van der Waals surface area contributed by atoms with Crippen LogP contribution in [0.1, 0.15) is 6.42 Å². The van der Waals surface area contributed by atoms with Crippen molar-refractivity contribution in [2.24, 2.45) is 0 Å². The van der Waals surface area contributed by atoms with Crippen LogP contribution >= 0.6 is 35.0 Å². The van der Waals surface area contributed by atoms with E-state index in [0.29, 0.717) is 51.4 Å². The molecule has 0 aliphatic carbocycles. The molecule has 0 atom stereocenters. The molecule has 0 aliphatic rings. The van der Waals surface area contributed by atoms with Gasteiger partial charge in [-0.25, -0.2) is 4.98 Å². The lowest BCUT2D eigenvalue weighted by atomic mass is 10.2. The van der Waals surface area contributed by atoms with E-state index < -0.39 is 0 Å². The van der Waals surface area contributed by atoms with E-state index in [2.05, 4.69) is 10.3 Å². The standard InChI is InChI=1S/C20H19Cl2N3O3S/c1-28-10-4-9-25-19(27)14-5-2-3-6-16(14)24-20(25)29-12-18(26)23-17-11-13(21)7-8-15(17)22/h2-3,5-8,11H,4,9-10,12H2,1H3,(H,23,26). The first-order chi connectivity index (χ1) is 14.0. The minimum Gasteiger partial charge on any atom is -0.385 e. The van der Waals surface area contributed by atoms with Crippen LogP contribution < -0.4 is 10.9 Å². The van der Waals surface area contributed by atoms with Gasteiger partial charge in [0, 0.05) is 25.3 Å². The summed E-state index contributed by atoms with van der Waals surface area (Å²) in [6, 6.07) is 12.0. The zero-order chi connectivity index (χ0) is 20.8. The van der Waals surface area contributed by atoms with Crippen LogP contribution in [0, 0.1) is 0 Å². The Morgan fingerprint density at radius 2 is 2.03 bits per heavy atom. The predicted octanol–water partition coefficient (Wildman–Crippen LogP) is 4.47. The highest BCUT2D eigenvalue weighted by Crippen LogP contribution is 2.26. The topological polar surface area (TPSA) is 73.2 Å². The highest BCUT2D eigenvalue weighted by Gasteiger charge is 2.14. The number of carbonyl (C=O) groups excluding carboxylic acids is 1. The molecule has 6 nitrogen and oxygen atoms in total. The van der Waals surface area contributed by atoms with Gasteiger partial charge >= 0.3 is 0 Å². The van der Waals surface area contributed by atoms with Crippen molar-refractivity contribution in [3.63, 3.8) is 0 Å². The number of thioether (sulfide) groups is 1. The summed E-state index contributed by atoms with van der Waals surface area (Å²) in [5.74, 6) is -0.206. The molecule has 3 rings (SSSR count). The van der Waals surface area contributed by atoms with E-state index >= 15 is 0 Å². The molecule has 0 aliphatic heterocycles. The second-order valence-corrected chi connectivity index (χ2v) is 7.96. The molecule has 0 fully saturated rings. The molecule has 152 valence electrons. The zero-order valence-electron chi connectivity index (χ0n) is 15.7. The quantitative estimate of drug-likeness (QED) is 0.310. The lowest BCUT2D eigenvalue weighted by molar-refractivity contribution is -0.113.